The Hall–Kier alpha value is -1.79. The number of hydrogen-bond acceptors (Lipinski definition) is 4. The van der Waals surface area contributed by atoms with Gasteiger partial charge in [0.1, 0.15) is 5.75 Å². The molecule has 0 radical (unpaired) electrons. The molecule has 0 unspecified atom stereocenters. The molecule has 6 nitrogen and oxygen atoms in total. The molecule has 0 atom stereocenters. The smallest absolute Gasteiger partial charge is 0.251 e. The van der Waals surface area contributed by atoms with Crippen molar-refractivity contribution in [2.45, 2.75) is 12.8 Å². The van der Waals surface area contributed by atoms with Crippen LogP contribution in [0, 0.1) is 5.92 Å². The van der Waals surface area contributed by atoms with Crippen LogP contribution < -0.4 is 20.7 Å². The molecule has 7 heteroatoms. The lowest BCUT2D eigenvalue weighted by Gasteiger charge is -2.08. The number of nitrogens with one attached hydrogen (secondary N) is 3. The zero-order chi connectivity index (χ0) is 15.8. The Kier molecular flexibility index (Phi) is 8.43. The highest BCUT2D eigenvalue weighted by molar-refractivity contribution is 5.94. The summed E-state index contributed by atoms with van der Waals surface area (Å²) in [5.41, 5.74) is 0.568. The minimum Gasteiger partial charge on any atom is -0.497 e. The summed E-state index contributed by atoms with van der Waals surface area (Å²) in [6.07, 6.45) is 2.54. The van der Waals surface area contributed by atoms with Gasteiger partial charge in [-0.1, -0.05) is 0 Å². The van der Waals surface area contributed by atoms with Crippen LogP contribution in [0.15, 0.2) is 24.3 Å². The molecule has 0 aromatic heterocycles. The van der Waals surface area contributed by atoms with Crippen LogP contribution in [0.3, 0.4) is 0 Å². The molecule has 3 N–H and O–H groups in total. The second kappa shape index (κ2) is 10.1. The molecule has 0 heterocycles. The molecule has 1 aromatic rings. The molecule has 128 valence electrons. The molecule has 0 aliphatic heterocycles. The lowest BCUT2D eigenvalue weighted by molar-refractivity contribution is -0.120. The average Bonchev–Trinajstić information content (AvgIpc) is 3.35. The molecule has 0 saturated heterocycles. The van der Waals surface area contributed by atoms with Crippen molar-refractivity contribution in [2.24, 2.45) is 5.92 Å². The number of methoxy groups -OCH3 is 1. The summed E-state index contributed by atoms with van der Waals surface area (Å²) in [6.45, 7) is 2.08. The summed E-state index contributed by atoms with van der Waals surface area (Å²) in [5.74, 6) is 1.27. The molecular weight excluding hydrogens is 318 g/mol. The SMILES string of the molecule is COc1ccc(C(=O)NCCNC(=O)CNCC2CC2)cc1.Cl. The molecule has 1 aliphatic carbocycles. The molecule has 0 spiro atoms. The van der Waals surface area contributed by atoms with Crippen LogP contribution in [0.1, 0.15) is 23.2 Å². The Balaban J connectivity index is 0.00000264. The van der Waals surface area contributed by atoms with Crippen LogP contribution in [0.5, 0.6) is 5.75 Å². The maximum absolute atomic E-state index is 11.9. The van der Waals surface area contributed by atoms with E-state index in [1.54, 1.807) is 31.4 Å². The van der Waals surface area contributed by atoms with Gasteiger partial charge in [0.05, 0.1) is 13.7 Å². The minimum atomic E-state index is -0.163. The Bertz CT molecular complexity index is 504. The fourth-order valence-corrected chi connectivity index (χ4v) is 2.00. The number of amides is 2. The van der Waals surface area contributed by atoms with E-state index >= 15 is 0 Å². The van der Waals surface area contributed by atoms with Crippen molar-refractivity contribution in [3.63, 3.8) is 0 Å². The Morgan fingerprint density at radius 3 is 2.39 bits per heavy atom. The maximum atomic E-state index is 11.9. The standard InChI is InChI=1S/C16H23N3O3.ClH/c1-22-14-6-4-13(5-7-14)16(21)19-9-8-18-15(20)11-17-10-12-2-3-12;/h4-7,12,17H,2-3,8-11H2,1H3,(H,18,20)(H,19,21);1H. The summed E-state index contributed by atoms with van der Waals surface area (Å²) >= 11 is 0. The Labute approximate surface area is 142 Å². The van der Waals surface area contributed by atoms with Gasteiger partial charge in [-0.15, -0.1) is 12.4 Å². The number of ether oxygens (including phenoxy) is 1. The zero-order valence-corrected chi connectivity index (χ0v) is 14.1. The first-order valence-corrected chi connectivity index (χ1v) is 7.58. The van der Waals surface area contributed by atoms with E-state index in [1.165, 1.54) is 12.8 Å². The van der Waals surface area contributed by atoms with E-state index < -0.39 is 0 Å². The highest BCUT2D eigenvalue weighted by Gasteiger charge is 2.20. The van der Waals surface area contributed by atoms with Crippen LogP contribution in [0.2, 0.25) is 0 Å². The van der Waals surface area contributed by atoms with Gasteiger partial charge in [0.2, 0.25) is 5.91 Å². The predicted molar refractivity (Wildman–Crippen MR) is 91.2 cm³/mol. The first kappa shape index (κ1) is 19.3. The largest absolute Gasteiger partial charge is 0.497 e. The topological polar surface area (TPSA) is 79.5 Å². The van der Waals surface area contributed by atoms with E-state index in [9.17, 15) is 9.59 Å². The molecule has 2 rings (SSSR count). The van der Waals surface area contributed by atoms with Crippen LogP contribution in [0.25, 0.3) is 0 Å². The van der Waals surface area contributed by atoms with Gasteiger partial charge in [-0.2, -0.15) is 0 Å². The third-order valence-corrected chi connectivity index (χ3v) is 3.50. The molecule has 23 heavy (non-hydrogen) atoms. The quantitative estimate of drug-likeness (QED) is 0.585. The summed E-state index contributed by atoms with van der Waals surface area (Å²) in [7, 11) is 1.58. The van der Waals surface area contributed by atoms with Gasteiger partial charge in [-0.3, -0.25) is 9.59 Å². The highest BCUT2D eigenvalue weighted by atomic mass is 35.5. The van der Waals surface area contributed by atoms with Gasteiger partial charge in [-0.05, 0) is 49.6 Å². The predicted octanol–water partition coefficient (Wildman–Crippen LogP) is 0.963. The average molecular weight is 342 g/mol. The van der Waals surface area contributed by atoms with Gasteiger partial charge in [0.15, 0.2) is 0 Å². The third kappa shape index (κ3) is 7.34. The lowest BCUT2D eigenvalue weighted by Crippen LogP contribution is -2.39. The van der Waals surface area contributed by atoms with Crippen molar-refractivity contribution in [3.05, 3.63) is 29.8 Å². The van der Waals surface area contributed by atoms with Crippen molar-refractivity contribution in [3.8, 4) is 5.75 Å². The number of carbonyl (C=O) groups excluding carboxylic acids is 2. The van der Waals surface area contributed by atoms with Crippen LogP contribution in [0.4, 0.5) is 0 Å². The van der Waals surface area contributed by atoms with Crippen LogP contribution in [-0.2, 0) is 4.79 Å². The van der Waals surface area contributed by atoms with Crippen molar-refractivity contribution >= 4 is 24.2 Å². The second-order valence-electron chi connectivity index (χ2n) is 5.41. The van der Waals surface area contributed by atoms with Gasteiger partial charge in [0, 0.05) is 18.7 Å². The Morgan fingerprint density at radius 1 is 1.13 bits per heavy atom. The molecule has 1 saturated carbocycles. The molecular formula is C16H24ClN3O3. The number of hydrogen-bond donors (Lipinski definition) is 3. The molecule has 2 amide bonds. The van der Waals surface area contributed by atoms with Gasteiger partial charge in [0.25, 0.3) is 5.91 Å². The fraction of sp³-hybridized carbons (Fsp3) is 0.500. The monoisotopic (exact) mass is 341 g/mol. The number of benzene rings is 1. The summed E-state index contributed by atoms with van der Waals surface area (Å²) in [6, 6.07) is 6.88. The zero-order valence-electron chi connectivity index (χ0n) is 13.3. The number of rotatable bonds is 9. The third-order valence-electron chi connectivity index (χ3n) is 3.50. The highest BCUT2D eigenvalue weighted by Crippen LogP contribution is 2.27. The van der Waals surface area contributed by atoms with Crippen LogP contribution in [-0.4, -0.2) is 45.1 Å². The number of carbonyl (C=O) groups is 2. The number of halogens is 1. The summed E-state index contributed by atoms with van der Waals surface area (Å²) in [5, 5.41) is 8.65. The van der Waals surface area contributed by atoms with Crippen molar-refractivity contribution < 1.29 is 14.3 Å². The second-order valence-corrected chi connectivity index (χ2v) is 5.41. The van der Waals surface area contributed by atoms with Gasteiger partial charge in [-0.25, -0.2) is 0 Å². The first-order valence-electron chi connectivity index (χ1n) is 7.58. The van der Waals surface area contributed by atoms with Gasteiger partial charge < -0.3 is 20.7 Å². The lowest BCUT2D eigenvalue weighted by atomic mass is 10.2. The van der Waals surface area contributed by atoms with Crippen molar-refractivity contribution in [1.29, 1.82) is 0 Å². The van der Waals surface area contributed by atoms with E-state index in [1.807, 2.05) is 0 Å². The summed E-state index contributed by atoms with van der Waals surface area (Å²) < 4.78 is 5.04. The van der Waals surface area contributed by atoms with E-state index in [-0.39, 0.29) is 24.2 Å². The Morgan fingerprint density at radius 2 is 1.78 bits per heavy atom. The molecule has 1 aromatic carbocycles. The van der Waals surface area contributed by atoms with Crippen molar-refractivity contribution in [1.82, 2.24) is 16.0 Å². The van der Waals surface area contributed by atoms with E-state index in [0.717, 1.165) is 12.5 Å². The first-order chi connectivity index (χ1) is 10.7. The maximum Gasteiger partial charge on any atom is 0.251 e. The molecule has 1 aliphatic rings. The fourth-order valence-electron chi connectivity index (χ4n) is 2.00. The van der Waals surface area contributed by atoms with E-state index in [0.29, 0.717) is 30.9 Å². The van der Waals surface area contributed by atoms with E-state index in [4.69, 9.17) is 4.74 Å². The molecule has 1 fully saturated rings. The minimum absolute atomic E-state index is 0. The van der Waals surface area contributed by atoms with Crippen LogP contribution >= 0.6 is 12.4 Å². The van der Waals surface area contributed by atoms with Gasteiger partial charge >= 0.3 is 0 Å². The normalized spacial score (nSPS) is 12.9. The molecule has 0 bridgehead atoms. The summed E-state index contributed by atoms with van der Waals surface area (Å²) in [4.78, 5) is 23.4. The van der Waals surface area contributed by atoms with Crippen molar-refractivity contribution in [2.75, 3.05) is 33.3 Å². The van der Waals surface area contributed by atoms with E-state index in [2.05, 4.69) is 16.0 Å².